The van der Waals surface area contributed by atoms with E-state index in [-0.39, 0.29) is 11.5 Å². The molecule has 0 aromatic heterocycles. The van der Waals surface area contributed by atoms with Gasteiger partial charge in [-0.1, -0.05) is 35.4 Å². The summed E-state index contributed by atoms with van der Waals surface area (Å²) in [4.78, 5) is 0.0710. The maximum atomic E-state index is 12.5. The van der Waals surface area contributed by atoms with Gasteiger partial charge in [0.05, 0.1) is 11.5 Å². The molecule has 3 aromatic rings. The molecule has 0 radical (unpaired) electrons. The van der Waals surface area contributed by atoms with E-state index >= 15 is 0 Å². The Morgan fingerprint density at radius 3 is 2.37 bits per heavy atom. The second kappa shape index (κ2) is 8.04. The summed E-state index contributed by atoms with van der Waals surface area (Å²) in [5.41, 5.74) is 1.14. The maximum Gasteiger partial charge on any atom is 0.297 e. The summed E-state index contributed by atoms with van der Waals surface area (Å²) in [6.45, 7) is 1.54. The van der Waals surface area contributed by atoms with Crippen LogP contribution in [0.4, 0.5) is 0 Å². The van der Waals surface area contributed by atoms with Crippen LogP contribution in [0.2, 0.25) is 5.02 Å². The third-order valence-corrected chi connectivity index (χ3v) is 6.73. The molecule has 1 N–H and O–H groups in total. The number of ether oxygens (including phenoxy) is 1. The van der Waals surface area contributed by atoms with E-state index in [9.17, 15) is 13.5 Å². The molecule has 0 heterocycles. The van der Waals surface area contributed by atoms with Crippen molar-refractivity contribution in [1.29, 1.82) is 0 Å². The van der Waals surface area contributed by atoms with Gasteiger partial charge in [-0.25, -0.2) is 0 Å². The number of hydrogen-bond donors (Lipinski definition) is 1. The first-order chi connectivity index (χ1) is 14.2. The van der Waals surface area contributed by atoms with Crippen molar-refractivity contribution in [1.82, 2.24) is 0 Å². The van der Waals surface area contributed by atoms with Crippen molar-refractivity contribution in [3.05, 3.63) is 88.4 Å². The van der Waals surface area contributed by atoms with Crippen molar-refractivity contribution in [2.75, 3.05) is 6.61 Å². The minimum absolute atomic E-state index is 0.0710. The van der Waals surface area contributed by atoms with Gasteiger partial charge in [0.25, 0.3) is 10.1 Å². The minimum atomic E-state index is -3.95. The van der Waals surface area contributed by atoms with Crippen molar-refractivity contribution >= 4 is 21.7 Å². The van der Waals surface area contributed by atoms with Crippen LogP contribution in [0.1, 0.15) is 23.1 Å². The Balaban J connectivity index is 1.49. The van der Waals surface area contributed by atoms with Crippen molar-refractivity contribution in [3.8, 4) is 11.5 Å². The SMILES string of the molecule is Cc1ccc(S(=O)(=O)OCC2(O)CCc3cc(Oc4ccc(Cl)cc4)ccc32)cc1. The molecule has 5 nitrogen and oxygen atoms in total. The van der Waals surface area contributed by atoms with E-state index in [2.05, 4.69) is 0 Å². The summed E-state index contributed by atoms with van der Waals surface area (Å²) in [5, 5.41) is 11.7. The van der Waals surface area contributed by atoms with E-state index in [1.807, 2.05) is 13.0 Å². The molecule has 7 heteroatoms. The summed E-state index contributed by atoms with van der Waals surface area (Å²) in [6, 6.07) is 18.8. The fourth-order valence-corrected chi connectivity index (χ4v) is 4.59. The van der Waals surface area contributed by atoms with Crippen molar-refractivity contribution in [3.63, 3.8) is 0 Å². The van der Waals surface area contributed by atoms with Crippen LogP contribution in [-0.2, 0) is 26.3 Å². The van der Waals surface area contributed by atoms with Crippen molar-refractivity contribution < 1.29 is 22.4 Å². The fourth-order valence-electron chi connectivity index (χ4n) is 3.51. The topological polar surface area (TPSA) is 72.8 Å². The van der Waals surface area contributed by atoms with Crippen LogP contribution >= 0.6 is 11.6 Å². The molecule has 1 unspecified atom stereocenters. The van der Waals surface area contributed by atoms with Crippen LogP contribution in [0.5, 0.6) is 11.5 Å². The first kappa shape index (κ1) is 20.9. The van der Waals surface area contributed by atoms with Crippen molar-refractivity contribution in [2.24, 2.45) is 0 Å². The minimum Gasteiger partial charge on any atom is -0.457 e. The van der Waals surface area contributed by atoms with Gasteiger partial charge in [-0.15, -0.1) is 0 Å². The van der Waals surface area contributed by atoms with Gasteiger partial charge in [-0.05, 0) is 79.4 Å². The Labute approximate surface area is 181 Å². The monoisotopic (exact) mass is 444 g/mol. The van der Waals surface area contributed by atoms with Gasteiger partial charge in [0, 0.05) is 5.02 Å². The summed E-state index contributed by atoms with van der Waals surface area (Å²) in [6.07, 6.45) is 0.966. The number of fused-ring (bicyclic) bond motifs is 1. The van der Waals surface area contributed by atoms with Crippen LogP contribution in [-0.4, -0.2) is 20.1 Å². The highest BCUT2D eigenvalue weighted by Gasteiger charge is 2.38. The predicted molar refractivity (Wildman–Crippen MR) is 115 cm³/mol. The first-order valence-corrected chi connectivity index (χ1v) is 11.3. The van der Waals surface area contributed by atoms with E-state index in [0.717, 1.165) is 11.1 Å². The standard InChI is InChI=1S/C23H21ClO5S/c1-16-2-9-21(10-3-16)30(26,27)28-15-23(25)13-12-17-14-20(8-11-22(17)23)29-19-6-4-18(24)5-7-19/h2-11,14,25H,12-13,15H2,1H3. The third kappa shape index (κ3) is 4.37. The molecule has 1 atom stereocenters. The molecule has 0 amide bonds. The van der Waals surface area contributed by atoms with Crippen LogP contribution in [0.25, 0.3) is 0 Å². The van der Waals surface area contributed by atoms with Crippen LogP contribution in [0.15, 0.2) is 71.6 Å². The summed E-state index contributed by atoms with van der Waals surface area (Å²) >= 11 is 5.89. The average molecular weight is 445 g/mol. The fraction of sp³-hybridized carbons (Fsp3) is 0.217. The molecule has 0 spiro atoms. The van der Waals surface area contributed by atoms with Gasteiger partial charge in [-0.3, -0.25) is 4.18 Å². The Hall–Kier alpha value is -2.38. The molecule has 0 aliphatic heterocycles. The lowest BCUT2D eigenvalue weighted by atomic mass is 9.97. The van der Waals surface area contributed by atoms with Crippen LogP contribution in [0, 0.1) is 6.92 Å². The zero-order valence-electron chi connectivity index (χ0n) is 16.3. The summed E-state index contributed by atoms with van der Waals surface area (Å²) < 4.78 is 36.0. The van der Waals surface area contributed by atoms with Crippen LogP contribution in [0.3, 0.4) is 0 Å². The Morgan fingerprint density at radius 1 is 1.00 bits per heavy atom. The number of aryl methyl sites for hydroxylation is 2. The van der Waals surface area contributed by atoms with E-state index in [4.69, 9.17) is 20.5 Å². The lowest BCUT2D eigenvalue weighted by Crippen LogP contribution is -2.30. The van der Waals surface area contributed by atoms with Gasteiger partial charge in [0.15, 0.2) is 0 Å². The number of benzene rings is 3. The largest absolute Gasteiger partial charge is 0.457 e. The summed E-state index contributed by atoms with van der Waals surface area (Å²) in [7, 11) is -3.95. The molecule has 0 bridgehead atoms. The highest BCUT2D eigenvalue weighted by molar-refractivity contribution is 7.86. The maximum absolute atomic E-state index is 12.5. The molecule has 4 rings (SSSR count). The van der Waals surface area contributed by atoms with Crippen molar-refractivity contribution in [2.45, 2.75) is 30.3 Å². The normalized spacial score (nSPS) is 18.2. The molecule has 0 fully saturated rings. The van der Waals surface area contributed by atoms with Gasteiger partial charge >= 0.3 is 0 Å². The van der Waals surface area contributed by atoms with Gasteiger partial charge < -0.3 is 9.84 Å². The first-order valence-electron chi connectivity index (χ1n) is 9.51. The highest BCUT2D eigenvalue weighted by atomic mass is 35.5. The second-order valence-corrected chi connectivity index (χ2v) is 9.49. The molecule has 1 aliphatic carbocycles. The number of rotatable bonds is 6. The Bertz CT molecular complexity index is 1160. The highest BCUT2D eigenvalue weighted by Crippen LogP contribution is 2.40. The molecule has 0 saturated carbocycles. The second-order valence-electron chi connectivity index (χ2n) is 7.44. The van der Waals surface area contributed by atoms with E-state index in [1.54, 1.807) is 48.5 Å². The average Bonchev–Trinajstić information content (AvgIpc) is 3.05. The predicted octanol–water partition coefficient (Wildman–Crippen LogP) is 4.98. The third-order valence-electron chi connectivity index (χ3n) is 5.20. The Kier molecular flexibility index (Phi) is 5.59. The molecule has 0 saturated heterocycles. The quantitative estimate of drug-likeness (QED) is 0.543. The molecular weight excluding hydrogens is 424 g/mol. The van der Waals surface area contributed by atoms with E-state index < -0.39 is 15.7 Å². The zero-order chi connectivity index (χ0) is 21.4. The van der Waals surface area contributed by atoms with Gasteiger partial charge in [0.2, 0.25) is 0 Å². The number of halogens is 1. The Morgan fingerprint density at radius 2 is 1.67 bits per heavy atom. The molecule has 3 aromatic carbocycles. The number of aliphatic hydroxyl groups is 1. The van der Waals surface area contributed by atoms with E-state index in [1.165, 1.54) is 12.1 Å². The molecule has 156 valence electrons. The van der Waals surface area contributed by atoms with Gasteiger partial charge in [0.1, 0.15) is 17.1 Å². The lowest BCUT2D eigenvalue weighted by molar-refractivity contribution is -0.00576. The van der Waals surface area contributed by atoms with Crippen LogP contribution < -0.4 is 4.74 Å². The molecule has 1 aliphatic rings. The van der Waals surface area contributed by atoms with Gasteiger partial charge in [-0.2, -0.15) is 8.42 Å². The summed E-state index contributed by atoms with van der Waals surface area (Å²) in [5.74, 6) is 1.29. The number of hydrogen-bond acceptors (Lipinski definition) is 5. The van der Waals surface area contributed by atoms with E-state index in [0.29, 0.717) is 34.9 Å². The smallest absolute Gasteiger partial charge is 0.297 e. The molecular formula is C23H21ClO5S. The molecule has 30 heavy (non-hydrogen) atoms. The lowest BCUT2D eigenvalue weighted by Gasteiger charge is -2.23. The zero-order valence-corrected chi connectivity index (χ0v) is 17.9.